The molecule has 102 valence electrons. The van der Waals surface area contributed by atoms with Crippen molar-refractivity contribution in [3.05, 3.63) is 97.2 Å². The maximum absolute atomic E-state index is 5.42. The number of rotatable bonds is 5. The van der Waals surface area contributed by atoms with Gasteiger partial charge in [0, 0.05) is 22.6 Å². The van der Waals surface area contributed by atoms with Crippen molar-refractivity contribution in [1.82, 2.24) is 0 Å². The van der Waals surface area contributed by atoms with E-state index in [-0.39, 0.29) is 0 Å². The molecule has 2 rings (SSSR count). The molecule has 0 bridgehead atoms. The number of anilines is 2. The standard InChI is InChI=1S/C20H17N/c1-4-10-18(6-3)21(19-11-8-7-9-12-19)20-15-13-17(5-2)14-16-20/h2,4,6-16H,1,3H2/b18-10+. The Labute approximate surface area is 126 Å². The minimum Gasteiger partial charge on any atom is -0.311 e. The van der Waals surface area contributed by atoms with E-state index in [1.807, 2.05) is 54.6 Å². The highest BCUT2D eigenvalue weighted by atomic mass is 15.1. The van der Waals surface area contributed by atoms with Gasteiger partial charge < -0.3 is 4.90 Å². The van der Waals surface area contributed by atoms with Gasteiger partial charge in [-0.15, -0.1) is 6.42 Å². The monoisotopic (exact) mass is 271 g/mol. The zero-order chi connectivity index (χ0) is 15.1. The Kier molecular flexibility index (Phi) is 4.79. The molecule has 0 heterocycles. The van der Waals surface area contributed by atoms with Gasteiger partial charge in [0.2, 0.25) is 0 Å². The lowest BCUT2D eigenvalue weighted by atomic mass is 10.1. The Bertz CT molecular complexity index is 685. The third-order valence-electron chi connectivity index (χ3n) is 3.06. The molecule has 0 amide bonds. The van der Waals surface area contributed by atoms with Gasteiger partial charge in [0.25, 0.3) is 0 Å². The molecule has 0 unspecified atom stereocenters. The van der Waals surface area contributed by atoms with Gasteiger partial charge in [0.05, 0.1) is 0 Å². The predicted octanol–water partition coefficient (Wildman–Crippen LogP) is 5.06. The number of hydrogen-bond acceptors (Lipinski definition) is 1. The highest BCUT2D eigenvalue weighted by molar-refractivity contribution is 5.70. The first-order chi connectivity index (χ1) is 10.3. The molecule has 0 atom stereocenters. The van der Waals surface area contributed by atoms with Crippen LogP contribution in [0.5, 0.6) is 0 Å². The quantitative estimate of drug-likeness (QED) is 0.542. The van der Waals surface area contributed by atoms with Crippen LogP contribution in [0.15, 0.2) is 91.7 Å². The van der Waals surface area contributed by atoms with Crippen LogP contribution in [-0.4, -0.2) is 0 Å². The molecule has 2 aromatic carbocycles. The second-order valence-corrected chi connectivity index (χ2v) is 4.39. The van der Waals surface area contributed by atoms with Crippen molar-refractivity contribution in [2.24, 2.45) is 0 Å². The predicted molar refractivity (Wildman–Crippen MR) is 91.4 cm³/mol. The summed E-state index contributed by atoms with van der Waals surface area (Å²) in [6.07, 6.45) is 10.9. The molecule has 0 spiro atoms. The normalized spacial score (nSPS) is 10.5. The van der Waals surface area contributed by atoms with E-state index in [0.717, 1.165) is 22.6 Å². The molecule has 0 fully saturated rings. The van der Waals surface area contributed by atoms with Crippen molar-refractivity contribution in [1.29, 1.82) is 0 Å². The molecule has 0 aliphatic rings. The fourth-order valence-electron chi connectivity index (χ4n) is 2.09. The number of hydrogen-bond donors (Lipinski definition) is 0. The summed E-state index contributed by atoms with van der Waals surface area (Å²) in [5.41, 5.74) is 3.89. The number of allylic oxidation sites excluding steroid dienone is 3. The van der Waals surface area contributed by atoms with E-state index in [2.05, 4.69) is 36.1 Å². The van der Waals surface area contributed by atoms with Gasteiger partial charge in [-0.3, -0.25) is 0 Å². The Morgan fingerprint density at radius 3 is 2.10 bits per heavy atom. The molecule has 0 N–H and O–H groups in total. The summed E-state index contributed by atoms with van der Waals surface area (Å²) in [5.74, 6) is 2.63. The third kappa shape index (κ3) is 3.32. The van der Waals surface area contributed by atoms with E-state index >= 15 is 0 Å². The highest BCUT2D eigenvalue weighted by Gasteiger charge is 2.11. The Hall–Kier alpha value is -2.98. The van der Waals surface area contributed by atoms with Gasteiger partial charge in [-0.1, -0.05) is 43.4 Å². The topological polar surface area (TPSA) is 3.24 Å². The summed E-state index contributed by atoms with van der Waals surface area (Å²) in [6, 6.07) is 18.0. The van der Waals surface area contributed by atoms with Crippen molar-refractivity contribution in [3.63, 3.8) is 0 Å². The average Bonchev–Trinajstić information content (AvgIpc) is 2.56. The second kappa shape index (κ2) is 6.98. The molecular weight excluding hydrogens is 254 g/mol. The highest BCUT2D eigenvalue weighted by Crippen LogP contribution is 2.30. The molecule has 1 heteroatoms. The number of nitrogens with zero attached hydrogens (tertiary/aromatic N) is 1. The van der Waals surface area contributed by atoms with E-state index in [4.69, 9.17) is 6.42 Å². The van der Waals surface area contributed by atoms with Crippen LogP contribution >= 0.6 is 0 Å². The lowest BCUT2D eigenvalue weighted by Crippen LogP contribution is -2.14. The van der Waals surface area contributed by atoms with E-state index in [1.54, 1.807) is 6.08 Å². The van der Waals surface area contributed by atoms with Crippen LogP contribution in [0.3, 0.4) is 0 Å². The largest absolute Gasteiger partial charge is 0.311 e. The SMILES string of the molecule is C#Cc1ccc(N(/C(C=C)=C/C=C)c2ccccc2)cc1. The minimum atomic E-state index is 0.861. The molecule has 0 saturated carbocycles. The Balaban J connectivity index is 2.55. The number of benzene rings is 2. The minimum absolute atomic E-state index is 0.861. The van der Waals surface area contributed by atoms with E-state index in [1.165, 1.54) is 0 Å². The molecule has 0 aromatic heterocycles. The molecule has 2 aromatic rings. The fraction of sp³-hybridized carbons (Fsp3) is 0. The molecule has 1 nitrogen and oxygen atoms in total. The number of terminal acetylenes is 1. The molecule has 21 heavy (non-hydrogen) atoms. The van der Waals surface area contributed by atoms with Crippen LogP contribution in [0, 0.1) is 12.3 Å². The van der Waals surface area contributed by atoms with Crippen molar-refractivity contribution in [2.45, 2.75) is 0 Å². The van der Waals surface area contributed by atoms with Gasteiger partial charge in [-0.25, -0.2) is 0 Å². The van der Waals surface area contributed by atoms with Gasteiger partial charge in [0.1, 0.15) is 0 Å². The van der Waals surface area contributed by atoms with Crippen molar-refractivity contribution < 1.29 is 0 Å². The summed E-state index contributed by atoms with van der Waals surface area (Å²) in [6.45, 7) is 7.66. The fourth-order valence-corrected chi connectivity index (χ4v) is 2.09. The summed E-state index contributed by atoms with van der Waals surface area (Å²) in [4.78, 5) is 2.11. The first kappa shape index (κ1) is 14.4. The van der Waals surface area contributed by atoms with Crippen LogP contribution in [-0.2, 0) is 0 Å². The second-order valence-electron chi connectivity index (χ2n) is 4.39. The maximum Gasteiger partial charge on any atom is 0.0462 e. The van der Waals surface area contributed by atoms with E-state index in [0.29, 0.717) is 0 Å². The van der Waals surface area contributed by atoms with Crippen molar-refractivity contribution in [2.75, 3.05) is 4.90 Å². The van der Waals surface area contributed by atoms with Crippen LogP contribution in [0.1, 0.15) is 5.56 Å². The lowest BCUT2D eigenvalue weighted by molar-refractivity contribution is 1.21. The van der Waals surface area contributed by atoms with E-state index in [9.17, 15) is 0 Å². The van der Waals surface area contributed by atoms with Gasteiger partial charge in [0.15, 0.2) is 0 Å². The van der Waals surface area contributed by atoms with E-state index < -0.39 is 0 Å². The molecule has 0 saturated heterocycles. The summed E-state index contributed by atoms with van der Waals surface area (Å²) in [5, 5.41) is 0. The van der Waals surface area contributed by atoms with Gasteiger partial charge in [-0.05, 0) is 48.6 Å². The zero-order valence-corrected chi connectivity index (χ0v) is 11.9. The Morgan fingerprint density at radius 2 is 1.57 bits per heavy atom. The van der Waals surface area contributed by atoms with Crippen LogP contribution < -0.4 is 4.90 Å². The summed E-state index contributed by atoms with van der Waals surface area (Å²) >= 11 is 0. The maximum atomic E-state index is 5.42. The first-order valence-corrected chi connectivity index (χ1v) is 6.67. The smallest absolute Gasteiger partial charge is 0.0462 e. The van der Waals surface area contributed by atoms with Gasteiger partial charge >= 0.3 is 0 Å². The Morgan fingerprint density at radius 1 is 0.952 bits per heavy atom. The van der Waals surface area contributed by atoms with Crippen molar-refractivity contribution >= 4 is 11.4 Å². The average molecular weight is 271 g/mol. The van der Waals surface area contributed by atoms with Crippen LogP contribution in [0.4, 0.5) is 11.4 Å². The summed E-state index contributed by atoms with van der Waals surface area (Å²) < 4.78 is 0. The number of para-hydroxylation sites is 1. The molecule has 0 aliphatic heterocycles. The lowest BCUT2D eigenvalue weighted by Gasteiger charge is -2.26. The first-order valence-electron chi connectivity index (χ1n) is 6.67. The van der Waals surface area contributed by atoms with Gasteiger partial charge in [-0.2, -0.15) is 0 Å². The van der Waals surface area contributed by atoms with Crippen LogP contribution in [0.25, 0.3) is 0 Å². The molecule has 0 radical (unpaired) electrons. The molecular formula is C20H17N. The summed E-state index contributed by atoms with van der Waals surface area (Å²) in [7, 11) is 0. The third-order valence-corrected chi connectivity index (χ3v) is 3.06. The molecule has 0 aliphatic carbocycles. The zero-order valence-electron chi connectivity index (χ0n) is 11.9. The van der Waals surface area contributed by atoms with Crippen molar-refractivity contribution in [3.8, 4) is 12.3 Å². The van der Waals surface area contributed by atoms with Crippen LogP contribution in [0.2, 0.25) is 0 Å².